The van der Waals surface area contributed by atoms with Crippen molar-refractivity contribution >= 4 is 0 Å². The third-order valence-electron chi connectivity index (χ3n) is 2.72. The Kier molecular flexibility index (Phi) is 4.08. The quantitative estimate of drug-likeness (QED) is 0.793. The van der Waals surface area contributed by atoms with Crippen LogP contribution in [-0.2, 0) is 0 Å². The molecule has 0 bridgehead atoms. The third kappa shape index (κ3) is 3.11. The maximum atomic E-state index is 4.01. The molecule has 1 unspecified atom stereocenters. The van der Waals surface area contributed by atoms with Crippen molar-refractivity contribution in [2.45, 2.75) is 39.8 Å². The van der Waals surface area contributed by atoms with E-state index in [4.69, 9.17) is 0 Å². The maximum absolute atomic E-state index is 4.01. The van der Waals surface area contributed by atoms with Gasteiger partial charge in [-0.05, 0) is 37.5 Å². The van der Waals surface area contributed by atoms with Crippen LogP contribution in [0.25, 0.3) is 0 Å². The smallest absolute Gasteiger partial charge is 0.0295 e. The van der Waals surface area contributed by atoms with Crippen LogP contribution in [0.15, 0.2) is 24.5 Å². The van der Waals surface area contributed by atoms with E-state index < -0.39 is 0 Å². The van der Waals surface area contributed by atoms with E-state index in [-0.39, 0.29) is 0 Å². The Bertz CT molecular complexity index is 256. The van der Waals surface area contributed by atoms with Crippen molar-refractivity contribution in [3.05, 3.63) is 30.1 Å². The summed E-state index contributed by atoms with van der Waals surface area (Å²) in [5.74, 6) is 0.666. The summed E-state index contributed by atoms with van der Waals surface area (Å²) in [6, 6.07) is 5.06. The zero-order chi connectivity index (χ0) is 10.6. The molecule has 0 aliphatic rings. The van der Waals surface area contributed by atoms with Gasteiger partial charge in [-0.1, -0.05) is 13.8 Å². The van der Waals surface area contributed by atoms with Crippen LogP contribution in [0, 0.1) is 5.92 Å². The van der Waals surface area contributed by atoms with Gasteiger partial charge in [0.1, 0.15) is 0 Å². The summed E-state index contributed by atoms with van der Waals surface area (Å²) in [5.41, 5.74) is 1.30. The fraction of sp³-hybridized carbons (Fsp3) is 0.583. The standard InChI is InChI=1S/C12H20N2/c1-9(2)10(3)14-11(4)12-5-7-13-8-6-12/h5-11,14H,1-4H3/t10?,11-/m0/s1. The molecular weight excluding hydrogens is 172 g/mol. The molecule has 1 rings (SSSR count). The van der Waals surface area contributed by atoms with Crippen molar-refractivity contribution < 1.29 is 0 Å². The van der Waals surface area contributed by atoms with Crippen molar-refractivity contribution in [1.29, 1.82) is 0 Å². The summed E-state index contributed by atoms with van der Waals surface area (Å²) in [5, 5.41) is 3.57. The maximum Gasteiger partial charge on any atom is 0.0295 e. The Morgan fingerprint density at radius 1 is 1.07 bits per heavy atom. The molecule has 0 radical (unpaired) electrons. The predicted molar refractivity (Wildman–Crippen MR) is 60.1 cm³/mol. The fourth-order valence-electron chi connectivity index (χ4n) is 1.34. The zero-order valence-corrected chi connectivity index (χ0v) is 9.49. The van der Waals surface area contributed by atoms with Gasteiger partial charge in [-0.25, -0.2) is 0 Å². The van der Waals surface area contributed by atoms with Crippen LogP contribution in [0.5, 0.6) is 0 Å². The molecular formula is C12H20N2. The van der Waals surface area contributed by atoms with Gasteiger partial charge in [0.05, 0.1) is 0 Å². The molecule has 1 heterocycles. The minimum atomic E-state index is 0.399. The Morgan fingerprint density at radius 2 is 1.64 bits per heavy atom. The van der Waals surface area contributed by atoms with Gasteiger partial charge < -0.3 is 5.32 Å². The van der Waals surface area contributed by atoms with E-state index in [0.29, 0.717) is 18.0 Å². The lowest BCUT2D eigenvalue weighted by Crippen LogP contribution is -2.32. The molecule has 0 saturated heterocycles. The number of hydrogen-bond donors (Lipinski definition) is 1. The van der Waals surface area contributed by atoms with E-state index in [0.717, 1.165) is 0 Å². The first-order valence-electron chi connectivity index (χ1n) is 5.27. The van der Waals surface area contributed by atoms with Gasteiger partial charge in [0, 0.05) is 24.5 Å². The SMILES string of the molecule is CC(C)C(C)N[C@@H](C)c1ccncc1. The van der Waals surface area contributed by atoms with Crippen molar-refractivity contribution in [1.82, 2.24) is 10.3 Å². The molecule has 0 aromatic carbocycles. The summed E-state index contributed by atoms with van der Waals surface area (Å²) in [4.78, 5) is 4.01. The zero-order valence-electron chi connectivity index (χ0n) is 9.49. The number of aromatic nitrogens is 1. The highest BCUT2D eigenvalue weighted by molar-refractivity contribution is 5.14. The molecule has 0 amide bonds. The molecule has 0 spiro atoms. The highest BCUT2D eigenvalue weighted by atomic mass is 14.9. The first-order valence-corrected chi connectivity index (χ1v) is 5.27. The molecule has 0 saturated carbocycles. The van der Waals surface area contributed by atoms with Crippen molar-refractivity contribution in [2.24, 2.45) is 5.92 Å². The molecule has 14 heavy (non-hydrogen) atoms. The van der Waals surface area contributed by atoms with Gasteiger partial charge in [-0.15, -0.1) is 0 Å². The number of pyridine rings is 1. The first-order chi connectivity index (χ1) is 6.61. The lowest BCUT2D eigenvalue weighted by molar-refractivity contribution is 0.389. The Morgan fingerprint density at radius 3 is 2.14 bits per heavy atom. The van der Waals surface area contributed by atoms with E-state index >= 15 is 0 Å². The molecule has 1 aromatic rings. The van der Waals surface area contributed by atoms with Crippen LogP contribution in [0.1, 0.15) is 39.3 Å². The number of nitrogens with zero attached hydrogens (tertiary/aromatic N) is 1. The molecule has 0 aliphatic heterocycles. The molecule has 78 valence electrons. The van der Waals surface area contributed by atoms with Crippen LogP contribution in [0.2, 0.25) is 0 Å². The van der Waals surface area contributed by atoms with Crippen molar-refractivity contribution in [3.63, 3.8) is 0 Å². The van der Waals surface area contributed by atoms with E-state index in [1.54, 1.807) is 0 Å². The average Bonchev–Trinajstić information content (AvgIpc) is 2.19. The molecule has 2 atom stereocenters. The fourth-order valence-corrected chi connectivity index (χ4v) is 1.34. The lowest BCUT2D eigenvalue weighted by Gasteiger charge is -2.23. The minimum absolute atomic E-state index is 0.399. The molecule has 2 heteroatoms. The second-order valence-electron chi connectivity index (χ2n) is 4.20. The summed E-state index contributed by atoms with van der Waals surface area (Å²) in [6.45, 7) is 8.88. The van der Waals surface area contributed by atoms with Crippen LogP contribution in [0.4, 0.5) is 0 Å². The predicted octanol–water partition coefficient (Wildman–Crippen LogP) is 2.78. The van der Waals surface area contributed by atoms with E-state index in [9.17, 15) is 0 Å². The van der Waals surface area contributed by atoms with Crippen LogP contribution >= 0.6 is 0 Å². The molecule has 1 aromatic heterocycles. The Balaban J connectivity index is 2.55. The van der Waals surface area contributed by atoms with Crippen LogP contribution in [0.3, 0.4) is 0 Å². The molecule has 2 nitrogen and oxygen atoms in total. The molecule has 1 N–H and O–H groups in total. The monoisotopic (exact) mass is 192 g/mol. The summed E-state index contributed by atoms with van der Waals surface area (Å²) in [7, 11) is 0. The van der Waals surface area contributed by atoms with E-state index in [1.807, 2.05) is 12.4 Å². The largest absolute Gasteiger partial charge is 0.307 e. The van der Waals surface area contributed by atoms with Crippen LogP contribution in [-0.4, -0.2) is 11.0 Å². The summed E-state index contributed by atoms with van der Waals surface area (Å²) < 4.78 is 0. The van der Waals surface area contributed by atoms with E-state index in [1.165, 1.54) is 5.56 Å². The first kappa shape index (κ1) is 11.2. The summed E-state index contributed by atoms with van der Waals surface area (Å²) in [6.07, 6.45) is 3.68. The average molecular weight is 192 g/mol. The Hall–Kier alpha value is -0.890. The highest BCUT2D eigenvalue weighted by Gasteiger charge is 2.11. The van der Waals surface area contributed by atoms with Gasteiger partial charge in [-0.3, -0.25) is 4.98 Å². The van der Waals surface area contributed by atoms with Gasteiger partial charge >= 0.3 is 0 Å². The number of hydrogen-bond acceptors (Lipinski definition) is 2. The second kappa shape index (κ2) is 5.11. The molecule has 0 aliphatic carbocycles. The van der Waals surface area contributed by atoms with Crippen molar-refractivity contribution in [2.75, 3.05) is 0 Å². The Labute approximate surface area is 86.8 Å². The van der Waals surface area contributed by atoms with Crippen LogP contribution < -0.4 is 5.32 Å². The van der Waals surface area contributed by atoms with E-state index in [2.05, 4.69) is 50.1 Å². The van der Waals surface area contributed by atoms with Gasteiger partial charge in [-0.2, -0.15) is 0 Å². The second-order valence-corrected chi connectivity index (χ2v) is 4.20. The molecule has 0 fully saturated rings. The summed E-state index contributed by atoms with van der Waals surface area (Å²) >= 11 is 0. The normalized spacial score (nSPS) is 15.5. The number of rotatable bonds is 4. The number of nitrogens with one attached hydrogen (secondary N) is 1. The lowest BCUT2D eigenvalue weighted by atomic mass is 10.0. The van der Waals surface area contributed by atoms with Gasteiger partial charge in [0.15, 0.2) is 0 Å². The van der Waals surface area contributed by atoms with Crippen molar-refractivity contribution in [3.8, 4) is 0 Å². The highest BCUT2D eigenvalue weighted by Crippen LogP contribution is 2.13. The topological polar surface area (TPSA) is 24.9 Å². The minimum Gasteiger partial charge on any atom is -0.307 e. The van der Waals surface area contributed by atoms with Gasteiger partial charge in [0.2, 0.25) is 0 Å². The van der Waals surface area contributed by atoms with Gasteiger partial charge in [0.25, 0.3) is 0 Å². The third-order valence-corrected chi connectivity index (χ3v) is 2.72.